The van der Waals surface area contributed by atoms with Gasteiger partial charge in [0.2, 0.25) is 5.76 Å². The Morgan fingerprint density at radius 1 is 1.29 bits per heavy atom. The largest absolute Gasteiger partial charge is 0.457 e. The fourth-order valence-corrected chi connectivity index (χ4v) is 1.54. The molecule has 0 saturated heterocycles. The van der Waals surface area contributed by atoms with Crippen LogP contribution in [-0.4, -0.2) is 18.0 Å². The molecule has 0 aliphatic heterocycles. The molecule has 21 heavy (non-hydrogen) atoms. The quantitative estimate of drug-likeness (QED) is 0.870. The summed E-state index contributed by atoms with van der Waals surface area (Å²) in [6.45, 7) is 1.46. The lowest BCUT2D eigenvalue weighted by molar-refractivity contribution is -0.123. The van der Waals surface area contributed by atoms with Gasteiger partial charge >= 0.3 is 5.97 Å². The van der Waals surface area contributed by atoms with E-state index in [1.54, 1.807) is 30.3 Å². The molecule has 0 spiro atoms. The molecule has 6 heteroatoms. The van der Waals surface area contributed by atoms with Gasteiger partial charge < -0.3 is 14.5 Å². The Kier molecular flexibility index (Phi) is 4.36. The van der Waals surface area contributed by atoms with Crippen LogP contribution in [0.1, 0.15) is 23.0 Å². The lowest BCUT2D eigenvalue weighted by Gasteiger charge is -2.12. The molecule has 1 N–H and O–H groups in total. The van der Waals surface area contributed by atoms with E-state index in [-0.39, 0.29) is 5.76 Å². The molecule has 0 saturated carbocycles. The zero-order chi connectivity index (χ0) is 15.2. The molecule has 0 radical (unpaired) electrons. The minimum atomic E-state index is -0.974. The zero-order valence-electron chi connectivity index (χ0n) is 11.2. The van der Waals surface area contributed by atoms with Gasteiger partial charge in [-0.05, 0) is 43.3 Å². The number of rotatable bonds is 4. The molecule has 0 aliphatic rings. The number of esters is 1. The Labute approximate surface area is 120 Å². The van der Waals surface area contributed by atoms with Crippen molar-refractivity contribution in [1.29, 1.82) is 5.26 Å². The fraction of sp³-hybridized carbons (Fsp3) is 0.133. The SMILES string of the molecule is C[C@H](OC(=O)c1ccco1)C(=O)Nc1ccc(C#N)cc1. The van der Waals surface area contributed by atoms with E-state index in [9.17, 15) is 9.59 Å². The fourth-order valence-electron chi connectivity index (χ4n) is 1.54. The summed E-state index contributed by atoms with van der Waals surface area (Å²) in [6, 6.07) is 11.3. The molecule has 0 bridgehead atoms. The van der Waals surface area contributed by atoms with Gasteiger partial charge in [0.1, 0.15) is 0 Å². The molecule has 0 unspecified atom stereocenters. The topological polar surface area (TPSA) is 92.3 Å². The first-order valence-corrected chi connectivity index (χ1v) is 6.15. The average Bonchev–Trinajstić information content (AvgIpc) is 3.02. The van der Waals surface area contributed by atoms with Crippen LogP contribution >= 0.6 is 0 Å². The Hall–Kier alpha value is -3.07. The van der Waals surface area contributed by atoms with Gasteiger partial charge in [-0.15, -0.1) is 0 Å². The number of carbonyl (C=O) groups excluding carboxylic acids is 2. The van der Waals surface area contributed by atoms with Crippen LogP contribution in [0, 0.1) is 11.3 Å². The Bertz CT molecular complexity index is 669. The third-order valence-electron chi connectivity index (χ3n) is 2.66. The van der Waals surface area contributed by atoms with E-state index >= 15 is 0 Å². The van der Waals surface area contributed by atoms with Crippen molar-refractivity contribution in [2.45, 2.75) is 13.0 Å². The van der Waals surface area contributed by atoms with Crippen molar-refractivity contribution in [3.63, 3.8) is 0 Å². The van der Waals surface area contributed by atoms with Gasteiger partial charge in [-0.25, -0.2) is 4.79 Å². The van der Waals surface area contributed by atoms with E-state index in [0.29, 0.717) is 11.3 Å². The Morgan fingerprint density at radius 3 is 2.57 bits per heavy atom. The zero-order valence-corrected chi connectivity index (χ0v) is 11.2. The van der Waals surface area contributed by atoms with E-state index in [2.05, 4.69) is 5.32 Å². The molecule has 106 valence electrons. The minimum absolute atomic E-state index is 0.0352. The van der Waals surface area contributed by atoms with Crippen LogP contribution in [0.25, 0.3) is 0 Å². The van der Waals surface area contributed by atoms with Crippen LogP contribution in [0.15, 0.2) is 47.1 Å². The van der Waals surface area contributed by atoms with Crippen LogP contribution in [0.3, 0.4) is 0 Å². The monoisotopic (exact) mass is 284 g/mol. The number of furan rings is 1. The maximum absolute atomic E-state index is 11.9. The first-order valence-electron chi connectivity index (χ1n) is 6.15. The molecule has 1 aromatic heterocycles. The summed E-state index contributed by atoms with van der Waals surface area (Å²) in [5.74, 6) is -1.14. The highest BCUT2D eigenvalue weighted by Crippen LogP contribution is 2.11. The first kappa shape index (κ1) is 14.3. The summed E-state index contributed by atoms with van der Waals surface area (Å²) >= 11 is 0. The standard InChI is InChI=1S/C15H12N2O4/c1-10(21-15(19)13-3-2-8-20-13)14(18)17-12-6-4-11(9-16)5-7-12/h2-8,10H,1H3,(H,17,18)/t10-/m0/s1. The maximum Gasteiger partial charge on any atom is 0.374 e. The Balaban J connectivity index is 1.93. The molecule has 0 aliphatic carbocycles. The highest BCUT2D eigenvalue weighted by Gasteiger charge is 2.20. The van der Waals surface area contributed by atoms with Gasteiger partial charge in [0.25, 0.3) is 5.91 Å². The molecule has 2 rings (SSSR count). The Morgan fingerprint density at radius 2 is 2.00 bits per heavy atom. The van der Waals surface area contributed by atoms with Crippen molar-refractivity contribution in [1.82, 2.24) is 0 Å². The lowest BCUT2D eigenvalue weighted by atomic mass is 10.2. The van der Waals surface area contributed by atoms with Gasteiger partial charge in [-0.2, -0.15) is 5.26 Å². The minimum Gasteiger partial charge on any atom is -0.457 e. The summed E-state index contributed by atoms with van der Waals surface area (Å²) in [4.78, 5) is 23.5. The van der Waals surface area contributed by atoms with Crippen LogP contribution in [0.5, 0.6) is 0 Å². The highest BCUT2D eigenvalue weighted by molar-refractivity contribution is 5.96. The molecule has 0 fully saturated rings. The molecular weight excluding hydrogens is 272 g/mol. The number of nitriles is 1. The van der Waals surface area contributed by atoms with Crippen LogP contribution in [0.2, 0.25) is 0 Å². The van der Waals surface area contributed by atoms with Crippen molar-refractivity contribution in [3.05, 3.63) is 54.0 Å². The molecule has 1 atom stereocenters. The molecule has 1 heterocycles. The van der Waals surface area contributed by atoms with Crippen LogP contribution in [0.4, 0.5) is 5.69 Å². The van der Waals surface area contributed by atoms with E-state index < -0.39 is 18.0 Å². The van der Waals surface area contributed by atoms with Crippen molar-refractivity contribution in [3.8, 4) is 6.07 Å². The summed E-state index contributed by atoms with van der Waals surface area (Å²) in [5.41, 5.74) is 1.00. The predicted octanol–water partition coefficient (Wildman–Crippen LogP) is 2.34. The summed E-state index contributed by atoms with van der Waals surface area (Å²) in [5, 5.41) is 11.3. The predicted molar refractivity (Wildman–Crippen MR) is 73.4 cm³/mol. The summed E-state index contributed by atoms with van der Waals surface area (Å²) < 4.78 is 9.86. The normalized spacial score (nSPS) is 11.2. The number of nitrogens with one attached hydrogen (secondary N) is 1. The lowest BCUT2D eigenvalue weighted by Crippen LogP contribution is -2.29. The van der Waals surface area contributed by atoms with Crippen molar-refractivity contribution in [2.24, 2.45) is 0 Å². The van der Waals surface area contributed by atoms with Crippen LogP contribution in [-0.2, 0) is 9.53 Å². The summed E-state index contributed by atoms with van der Waals surface area (Å²) in [7, 11) is 0. The number of carbonyl (C=O) groups is 2. The number of amides is 1. The molecule has 2 aromatic rings. The second-order valence-electron chi connectivity index (χ2n) is 4.20. The molecular formula is C15H12N2O4. The number of hydrogen-bond donors (Lipinski definition) is 1. The molecule has 1 amide bonds. The van der Waals surface area contributed by atoms with E-state index in [1.165, 1.54) is 19.3 Å². The highest BCUT2D eigenvalue weighted by atomic mass is 16.6. The molecule has 6 nitrogen and oxygen atoms in total. The van der Waals surface area contributed by atoms with E-state index in [4.69, 9.17) is 14.4 Å². The number of ether oxygens (including phenoxy) is 1. The smallest absolute Gasteiger partial charge is 0.374 e. The van der Waals surface area contributed by atoms with Gasteiger partial charge in [0.05, 0.1) is 17.9 Å². The second-order valence-corrected chi connectivity index (χ2v) is 4.20. The number of anilines is 1. The first-order chi connectivity index (χ1) is 10.1. The van der Waals surface area contributed by atoms with Crippen LogP contribution < -0.4 is 5.32 Å². The van der Waals surface area contributed by atoms with Crippen molar-refractivity contribution in [2.75, 3.05) is 5.32 Å². The van der Waals surface area contributed by atoms with Gasteiger partial charge in [0, 0.05) is 5.69 Å². The second kappa shape index (κ2) is 6.39. The maximum atomic E-state index is 11.9. The summed E-state index contributed by atoms with van der Waals surface area (Å²) in [6.07, 6.45) is 0.371. The number of hydrogen-bond acceptors (Lipinski definition) is 5. The van der Waals surface area contributed by atoms with Gasteiger partial charge in [0.15, 0.2) is 6.10 Å². The average molecular weight is 284 g/mol. The van der Waals surface area contributed by atoms with Gasteiger partial charge in [-0.3, -0.25) is 4.79 Å². The number of benzene rings is 1. The van der Waals surface area contributed by atoms with E-state index in [1.807, 2.05) is 6.07 Å². The van der Waals surface area contributed by atoms with Crippen molar-refractivity contribution >= 4 is 17.6 Å². The molecule has 1 aromatic carbocycles. The van der Waals surface area contributed by atoms with E-state index in [0.717, 1.165) is 0 Å². The third-order valence-corrected chi connectivity index (χ3v) is 2.66. The van der Waals surface area contributed by atoms with Gasteiger partial charge in [-0.1, -0.05) is 0 Å². The number of nitrogens with zero attached hydrogens (tertiary/aromatic N) is 1. The third kappa shape index (κ3) is 3.70. The van der Waals surface area contributed by atoms with Crippen molar-refractivity contribution < 1.29 is 18.7 Å².